The average Bonchev–Trinajstić information content (AvgIpc) is 2.72. The second-order valence-electron chi connectivity index (χ2n) is 4.73. The number of aromatic nitrogens is 2. The minimum atomic E-state index is 0.0538. The van der Waals surface area contributed by atoms with Gasteiger partial charge in [-0.3, -0.25) is 0 Å². The monoisotopic (exact) mass is 255 g/mol. The molecule has 0 radical (unpaired) electrons. The summed E-state index contributed by atoms with van der Waals surface area (Å²) >= 11 is 1.71. The Bertz CT molecular complexity index is 357. The number of ether oxygens (including phenoxy) is 1. The molecule has 1 atom stereocenters. The molecular weight excluding hydrogens is 234 g/mol. The zero-order valence-corrected chi connectivity index (χ0v) is 11.6. The molecule has 1 aliphatic carbocycles. The standard InChI is InChI=1S/C12H21N3OS/c1-4-13-9(2)11-15-14-10(17-11)8-12(16-3)6-5-7-12/h9,13H,4-8H2,1-3H3. The summed E-state index contributed by atoms with van der Waals surface area (Å²) in [4.78, 5) is 0. The molecule has 1 aliphatic rings. The Labute approximate surface area is 107 Å². The Kier molecular flexibility index (Phi) is 4.12. The van der Waals surface area contributed by atoms with Crippen molar-refractivity contribution >= 4 is 11.3 Å². The Hall–Kier alpha value is -0.520. The van der Waals surface area contributed by atoms with Crippen LogP contribution < -0.4 is 5.32 Å². The molecule has 1 heterocycles. The molecule has 0 aliphatic heterocycles. The van der Waals surface area contributed by atoms with Crippen LogP contribution in [0.3, 0.4) is 0 Å². The normalized spacial score (nSPS) is 19.9. The summed E-state index contributed by atoms with van der Waals surface area (Å²) in [5.74, 6) is 0. The van der Waals surface area contributed by atoms with Gasteiger partial charge in [-0.05, 0) is 32.7 Å². The van der Waals surface area contributed by atoms with Gasteiger partial charge < -0.3 is 10.1 Å². The molecule has 1 fully saturated rings. The molecule has 5 heteroatoms. The zero-order valence-electron chi connectivity index (χ0n) is 10.8. The summed E-state index contributed by atoms with van der Waals surface area (Å²) in [6.45, 7) is 5.19. The second-order valence-corrected chi connectivity index (χ2v) is 5.82. The van der Waals surface area contributed by atoms with Crippen molar-refractivity contribution in [1.29, 1.82) is 0 Å². The average molecular weight is 255 g/mol. The van der Waals surface area contributed by atoms with Crippen LogP contribution in [0, 0.1) is 0 Å². The lowest BCUT2D eigenvalue weighted by atomic mass is 9.78. The molecule has 1 aromatic heterocycles. The van der Waals surface area contributed by atoms with Crippen LogP contribution in [0.1, 0.15) is 49.2 Å². The Morgan fingerprint density at radius 2 is 2.24 bits per heavy atom. The van der Waals surface area contributed by atoms with E-state index in [4.69, 9.17) is 4.74 Å². The highest BCUT2D eigenvalue weighted by Gasteiger charge is 2.38. The lowest BCUT2D eigenvalue weighted by Gasteiger charge is -2.39. The molecule has 0 amide bonds. The third-order valence-electron chi connectivity index (χ3n) is 3.53. The highest BCUT2D eigenvalue weighted by Crippen LogP contribution is 2.38. The number of nitrogens with one attached hydrogen (secondary N) is 1. The molecule has 4 nitrogen and oxygen atoms in total. The smallest absolute Gasteiger partial charge is 0.134 e. The maximum atomic E-state index is 5.62. The minimum absolute atomic E-state index is 0.0538. The van der Waals surface area contributed by atoms with E-state index in [9.17, 15) is 0 Å². The van der Waals surface area contributed by atoms with Crippen molar-refractivity contribution in [2.24, 2.45) is 0 Å². The molecule has 1 N–H and O–H groups in total. The van der Waals surface area contributed by atoms with Gasteiger partial charge in [0.2, 0.25) is 0 Å². The first-order valence-corrected chi connectivity index (χ1v) is 7.11. The molecular formula is C12H21N3OS. The molecule has 1 aromatic rings. The SMILES string of the molecule is CCNC(C)c1nnc(CC2(OC)CCC2)s1. The summed E-state index contributed by atoms with van der Waals surface area (Å²) in [6, 6.07) is 0.297. The van der Waals surface area contributed by atoms with Crippen molar-refractivity contribution in [3.8, 4) is 0 Å². The van der Waals surface area contributed by atoms with E-state index in [2.05, 4.69) is 29.4 Å². The van der Waals surface area contributed by atoms with E-state index in [1.54, 1.807) is 11.3 Å². The number of hydrogen-bond donors (Lipinski definition) is 1. The Morgan fingerprint density at radius 1 is 1.47 bits per heavy atom. The van der Waals surface area contributed by atoms with Crippen LogP contribution in [-0.2, 0) is 11.2 Å². The maximum Gasteiger partial charge on any atom is 0.134 e. The van der Waals surface area contributed by atoms with Gasteiger partial charge in [0.1, 0.15) is 10.0 Å². The zero-order chi connectivity index (χ0) is 12.3. The number of hydrogen-bond acceptors (Lipinski definition) is 5. The van der Waals surface area contributed by atoms with Gasteiger partial charge in [0.05, 0.1) is 11.6 Å². The van der Waals surface area contributed by atoms with Gasteiger partial charge in [0.15, 0.2) is 0 Å². The number of nitrogens with zero attached hydrogens (tertiary/aromatic N) is 2. The summed E-state index contributed by atoms with van der Waals surface area (Å²) < 4.78 is 5.62. The quantitative estimate of drug-likeness (QED) is 0.847. The summed E-state index contributed by atoms with van der Waals surface area (Å²) in [7, 11) is 1.81. The predicted molar refractivity (Wildman–Crippen MR) is 69.3 cm³/mol. The van der Waals surface area contributed by atoms with E-state index in [0.717, 1.165) is 35.8 Å². The molecule has 2 rings (SSSR count). The van der Waals surface area contributed by atoms with Crippen molar-refractivity contribution in [1.82, 2.24) is 15.5 Å². The topological polar surface area (TPSA) is 47.0 Å². The second kappa shape index (κ2) is 5.42. The van der Waals surface area contributed by atoms with Crippen LogP contribution in [0.2, 0.25) is 0 Å². The van der Waals surface area contributed by atoms with E-state index in [1.807, 2.05) is 7.11 Å². The minimum Gasteiger partial charge on any atom is -0.378 e. The van der Waals surface area contributed by atoms with Crippen LogP contribution >= 0.6 is 11.3 Å². The molecule has 0 aromatic carbocycles. The van der Waals surface area contributed by atoms with Crippen molar-refractivity contribution < 1.29 is 4.74 Å². The van der Waals surface area contributed by atoms with E-state index < -0.39 is 0 Å². The molecule has 96 valence electrons. The van der Waals surface area contributed by atoms with Crippen LogP contribution in [0.4, 0.5) is 0 Å². The fourth-order valence-corrected chi connectivity index (χ4v) is 3.21. The number of rotatable bonds is 6. The lowest BCUT2D eigenvalue weighted by molar-refractivity contribution is -0.0709. The Morgan fingerprint density at radius 3 is 2.76 bits per heavy atom. The third-order valence-corrected chi connectivity index (χ3v) is 4.64. The van der Waals surface area contributed by atoms with Crippen molar-refractivity contribution in [2.45, 2.75) is 51.2 Å². The van der Waals surface area contributed by atoms with Crippen molar-refractivity contribution in [3.63, 3.8) is 0 Å². The number of methoxy groups -OCH3 is 1. The van der Waals surface area contributed by atoms with Gasteiger partial charge >= 0.3 is 0 Å². The van der Waals surface area contributed by atoms with Gasteiger partial charge in [0, 0.05) is 13.5 Å². The van der Waals surface area contributed by atoms with Gasteiger partial charge in [-0.15, -0.1) is 10.2 Å². The first-order chi connectivity index (χ1) is 8.19. The Balaban J connectivity index is 1.98. The van der Waals surface area contributed by atoms with Crippen LogP contribution in [0.5, 0.6) is 0 Å². The fourth-order valence-electron chi connectivity index (χ4n) is 2.21. The maximum absolute atomic E-state index is 5.62. The molecule has 0 bridgehead atoms. The van der Waals surface area contributed by atoms with E-state index in [-0.39, 0.29) is 5.60 Å². The van der Waals surface area contributed by atoms with Crippen molar-refractivity contribution in [3.05, 3.63) is 10.0 Å². The van der Waals surface area contributed by atoms with Crippen molar-refractivity contribution in [2.75, 3.05) is 13.7 Å². The first kappa shape index (κ1) is 12.9. The lowest BCUT2D eigenvalue weighted by Crippen LogP contribution is -2.41. The van der Waals surface area contributed by atoms with E-state index >= 15 is 0 Å². The van der Waals surface area contributed by atoms with Gasteiger partial charge in [-0.25, -0.2) is 0 Å². The summed E-state index contributed by atoms with van der Waals surface area (Å²) in [5, 5.41) is 14.1. The van der Waals surface area contributed by atoms with E-state index in [1.165, 1.54) is 6.42 Å². The molecule has 1 unspecified atom stereocenters. The molecule has 17 heavy (non-hydrogen) atoms. The van der Waals surface area contributed by atoms with Gasteiger partial charge in [-0.1, -0.05) is 18.3 Å². The van der Waals surface area contributed by atoms with Crippen LogP contribution in [0.25, 0.3) is 0 Å². The molecule has 0 saturated heterocycles. The fraction of sp³-hybridized carbons (Fsp3) is 0.833. The third kappa shape index (κ3) is 2.84. The highest BCUT2D eigenvalue weighted by molar-refractivity contribution is 7.11. The van der Waals surface area contributed by atoms with Crippen LogP contribution in [0.15, 0.2) is 0 Å². The van der Waals surface area contributed by atoms with Gasteiger partial charge in [-0.2, -0.15) is 0 Å². The first-order valence-electron chi connectivity index (χ1n) is 6.30. The summed E-state index contributed by atoms with van der Waals surface area (Å²) in [5.41, 5.74) is 0.0538. The van der Waals surface area contributed by atoms with Gasteiger partial charge in [0.25, 0.3) is 0 Å². The molecule has 0 spiro atoms. The highest BCUT2D eigenvalue weighted by atomic mass is 32.1. The van der Waals surface area contributed by atoms with E-state index in [0.29, 0.717) is 6.04 Å². The summed E-state index contributed by atoms with van der Waals surface area (Å²) in [6.07, 6.45) is 4.50. The van der Waals surface area contributed by atoms with Crippen LogP contribution in [-0.4, -0.2) is 29.5 Å². The predicted octanol–water partition coefficient (Wildman–Crippen LogP) is 2.32. The molecule has 1 saturated carbocycles. The largest absolute Gasteiger partial charge is 0.378 e.